The first-order chi connectivity index (χ1) is 10.6. The maximum Gasteiger partial charge on any atom is 0.251 e. The predicted octanol–water partition coefficient (Wildman–Crippen LogP) is 2.62. The van der Waals surface area contributed by atoms with E-state index in [4.69, 9.17) is 0 Å². The summed E-state index contributed by atoms with van der Waals surface area (Å²) in [4.78, 5) is 29.0. The maximum absolute atomic E-state index is 12.3. The van der Waals surface area contributed by atoms with Crippen LogP contribution in [0.25, 0.3) is 0 Å². The standard InChI is InChI=1S/C16H15N3O2S/c1-10(12-4-2-3-7-17-12)18-16(21)11-5-6-14-13(8-11)19-15(20)9-22-14/h2-8,10H,9H2,1H3,(H,18,21)(H,19,20). The van der Waals surface area contributed by atoms with E-state index < -0.39 is 0 Å². The lowest BCUT2D eigenvalue weighted by Crippen LogP contribution is -2.27. The molecule has 1 unspecified atom stereocenters. The van der Waals surface area contributed by atoms with Crippen LogP contribution in [0.4, 0.5) is 5.69 Å². The van der Waals surface area contributed by atoms with Gasteiger partial charge in [0.2, 0.25) is 5.91 Å². The number of benzene rings is 1. The third-order valence-electron chi connectivity index (χ3n) is 3.35. The second kappa shape index (κ2) is 6.19. The molecule has 3 rings (SSSR count). The minimum absolute atomic E-state index is 0.0445. The van der Waals surface area contributed by atoms with Gasteiger partial charge in [-0.3, -0.25) is 14.6 Å². The topological polar surface area (TPSA) is 71.1 Å². The Labute approximate surface area is 132 Å². The van der Waals surface area contributed by atoms with E-state index in [1.165, 1.54) is 11.8 Å². The molecular formula is C16H15N3O2S. The molecule has 0 fully saturated rings. The Morgan fingerprint density at radius 3 is 3.00 bits per heavy atom. The molecular weight excluding hydrogens is 298 g/mol. The summed E-state index contributed by atoms with van der Waals surface area (Å²) in [6.07, 6.45) is 1.70. The van der Waals surface area contributed by atoms with Crippen LogP contribution in [0.15, 0.2) is 47.5 Å². The number of amides is 2. The van der Waals surface area contributed by atoms with Crippen molar-refractivity contribution < 1.29 is 9.59 Å². The molecule has 0 saturated carbocycles. The molecule has 0 spiro atoms. The lowest BCUT2D eigenvalue weighted by Gasteiger charge is -2.18. The van der Waals surface area contributed by atoms with Crippen molar-refractivity contribution in [2.75, 3.05) is 11.1 Å². The number of nitrogens with one attached hydrogen (secondary N) is 2. The SMILES string of the molecule is CC(NC(=O)c1ccc2c(c1)NC(=O)CS2)c1ccccn1. The number of carbonyl (C=O) groups is 2. The number of anilines is 1. The Balaban J connectivity index is 1.75. The van der Waals surface area contributed by atoms with Gasteiger partial charge in [0, 0.05) is 16.7 Å². The zero-order valence-electron chi connectivity index (χ0n) is 12.0. The van der Waals surface area contributed by atoms with E-state index in [0.717, 1.165) is 10.6 Å². The van der Waals surface area contributed by atoms with Crippen LogP contribution in [-0.4, -0.2) is 22.6 Å². The van der Waals surface area contributed by atoms with Gasteiger partial charge in [-0.25, -0.2) is 0 Å². The number of pyridine rings is 1. The van der Waals surface area contributed by atoms with Gasteiger partial charge in [-0.1, -0.05) is 6.07 Å². The van der Waals surface area contributed by atoms with E-state index >= 15 is 0 Å². The third-order valence-corrected chi connectivity index (χ3v) is 4.43. The van der Waals surface area contributed by atoms with E-state index in [0.29, 0.717) is 17.0 Å². The van der Waals surface area contributed by atoms with Gasteiger partial charge in [0.1, 0.15) is 0 Å². The quantitative estimate of drug-likeness (QED) is 0.914. The van der Waals surface area contributed by atoms with Gasteiger partial charge in [0.15, 0.2) is 0 Å². The monoisotopic (exact) mass is 313 g/mol. The molecule has 1 aliphatic rings. The fraction of sp³-hybridized carbons (Fsp3) is 0.188. The lowest BCUT2D eigenvalue weighted by atomic mass is 10.1. The average molecular weight is 313 g/mol. The number of aromatic nitrogens is 1. The van der Waals surface area contributed by atoms with Crippen molar-refractivity contribution in [3.8, 4) is 0 Å². The van der Waals surface area contributed by atoms with Crippen LogP contribution < -0.4 is 10.6 Å². The van der Waals surface area contributed by atoms with Gasteiger partial charge < -0.3 is 10.6 Å². The van der Waals surface area contributed by atoms with Crippen LogP contribution in [0.2, 0.25) is 0 Å². The Hall–Kier alpha value is -2.34. The minimum atomic E-state index is -0.189. The Morgan fingerprint density at radius 1 is 1.36 bits per heavy atom. The van der Waals surface area contributed by atoms with Crippen LogP contribution in [0.1, 0.15) is 29.0 Å². The summed E-state index contributed by atoms with van der Waals surface area (Å²) < 4.78 is 0. The van der Waals surface area contributed by atoms with Crippen LogP contribution in [-0.2, 0) is 4.79 Å². The van der Waals surface area contributed by atoms with E-state index in [1.807, 2.05) is 31.2 Å². The molecule has 0 saturated heterocycles. The molecule has 6 heteroatoms. The van der Waals surface area contributed by atoms with Crippen molar-refractivity contribution in [3.63, 3.8) is 0 Å². The molecule has 1 aromatic heterocycles. The first-order valence-corrected chi connectivity index (χ1v) is 7.90. The Kier molecular flexibility index (Phi) is 4.11. The number of rotatable bonds is 3. The minimum Gasteiger partial charge on any atom is -0.344 e. The third kappa shape index (κ3) is 3.12. The summed E-state index contributed by atoms with van der Waals surface area (Å²) >= 11 is 1.47. The molecule has 1 aliphatic heterocycles. The molecule has 2 heterocycles. The van der Waals surface area contributed by atoms with Crippen molar-refractivity contribution in [2.45, 2.75) is 17.9 Å². The molecule has 1 atom stereocenters. The second-order valence-electron chi connectivity index (χ2n) is 5.00. The van der Waals surface area contributed by atoms with Crippen LogP contribution >= 0.6 is 11.8 Å². The number of hydrogen-bond donors (Lipinski definition) is 2. The number of nitrogens with zero attached hydrogens (tertiary/aromatic N) is 1. The summed E-state index contributed by atoms with van der Waals surface area (Å²) in [6, 6.07) is 10.7. The highest BCUT2D eigenvalue weighted by atomic mass is 32.2. The van der Waals surface area contributed by atoms with Crippen LogP contribution in [0, 0.1) is 0 Å². The normalized spacial score (nSPS) is 14.7. The number of fused-ring (bicyclic) bond motifs is 1. The van der Waals surface area contributed by atoms with Crippen molar-refractivity contribution >= 4 is 29.3 Å². The summed E-state index contributed by atoms with van der Waals surface area (Å²) in [5.41, 5.74) is 2.02. The van der Waals surface area contributed by atoms with Crippen molar-refractivity contribution in [1.29, 1.82) is 0 Å². The molecule has 0 bridgehead atoms. The smallest absolute Gasteiger partial charge is 0.251 e. The Bertz CT molecular complexity index is 719. The van der Waals surface area contributed by atoms with E-state index in [2.05, 4.69) is 15.6 Å². The lowest BCUT2D eigenvalue weighted by molar-refractivity contribution is -0.113. The summed E-state index contributed by atoms with van der Waals surface area (Å²) in [5, 5.41) is 5.70. The van der Waals surface area contributed by atoms with Crippen molar-refractivity contribution in [3.05, 3.63) is 53.9 Å². The van der Waals surface area contributed by atoms with Gasteiger partial charge in [0.25, 0.3) is 5.91 Å². The number of carbonyl (C=O) groups excluding carboxylic acids is 2. The van der Waals surface area contributed by atoms with Gasteiger partial charge >= 0.3 is 0 Å². The number of hydrogen-bond acceptors (Lipinski definition) is 4. The fourth-order valence-corrected chi connectivity index (χ4v) is 3.00. The first-order valence-electron chi connectivity index (χ1n) is 6.92. The predicted molar refractivity (Wildman–Crippen MR) is 85.9 cm³/mol. The molecule has 2 aromatic rings. The number of thioether (sulfide) groups is 1. The molecule has 2 amide bonds. The molecule has 112 valence electrons. The molecule has 1 aromatic carbocycles. The maximum atomic E-state index is 12.3. The summed E-state index contributed by atoms with van der Waals surface area (Å²) in [6.45, 7) is 1.89. The molecule has 22 heavy (non-hydrogen) atoms. The van der Waals surface area contributed by atoms with E-state index in [-0.39, 0.29) is 17.9 Å². The largest absolute Gasteiger partial charge is 0.344 e. The summed E-state index contributed by atoms with van der Waals surface area (Å²) in [5.74, 6) is 0.178. The van der Waals surface area contributed by atoms with Crippen molar-refractivity contribution in [2.24, 2.45) is 0 Å². The van der Waals surface area contributed by atoms with Gasteiger partial charge in [-0.15, -0.1) is 11.8 Å². The van der Waals surface area contributed by atoms with Gasteiger partial charge in [-0.2, -0.15) is 0 Å². The van der Waals surface area contributed by atoms with Gasteiger partial charge in [0.05, 0.1) is 23.2 Å². The highest BCUT2D eigenvalue weighted by molar-refractivity contribution is 8.00. The summed E-state index contributed by atoms with van der Waals surface area (Å²) in [7, 11) is 0. The fourth-order valence-electron chi connectivity index (χ4n) is 2.21. The molecule has 2 N–H and O–H groups in total. The molecule has 0 aliphatic carbocycles. The zero-order valence-corrected chi connectivity index (χ0v) is 12.8. The Morgan fingerprint density at radius 2 is 2.23 bits per heavy atom. The highest BCUT2D eigenvalue weighted by Crippen LogP contribution is 2.32. The second-order valence-corrected chi connectivity index (χ2v) is 6.01. The van der Waals surface area contributed by atoms with Crippen LogP contribution in [0.5, 0.6) is 0 Å². The molecule has 0 radical (unpaired) electrons. The van der Waals surface area contributed by atoms with Gasteiger partial charge in [-0.05, 0) is 37.3 Å². The van der Waals surface area contributed by atoms with E-state index in [9.17, 15) is 9.59 Å². The average Bonchev–Trinajstić information content (AvgIpc) is 2.54. The van der Waals surface area contributed by atoms with Crippen LogP contribution in [0.3, 0.4) is 0 Å². The first kappa shape index (κ1) is 14.6. The van der Waals surface area contributed by atoms with E-state index in [1.54, 1.807) is 18.3 Å². The highest BCUT2D eigenvalue weighted by Gasteiger charge is 2.18. The molecule has 5 nitrogen and oxygen atoms in total. The van der Waals surface area contributed by atoms with Crippen molar-refractivity contribution in [1.82, 2.24) is 10.3 Å². The zero-order chi connectivity index (χ0) is 15.5.